The summed E-state index contributed by atoms with van der Waals surface area (Å²) in [7, 11) is 1.79. The highest BCUT2D eigenvalue weighted by Gasteiger charge is 2.07. The van der Waals surface area contributed by atoms with E-state index < -0.39 is 0 Å². The fraction of sp³-hybridized carbons (Fsp3) is 0.375. The number of hydrogen-bond donors (Lipinski definition) is 2. The largest absolute Gasteiger partial charge is 0.355 e. The van der Waals surface area contributed by atoms with Gasteiger partial charge in [0.05, 0.1) is 6.54 Å². The molecule has 1 aromatic carbocycles. The van der Waals surface area contributed by atoms with Crippen LogP contribution < -0.4 is 10.6 Å². The molecule has 2 N–H and O–H groups in total. The number of benzene rings is 1. The van der Waals surface area contributed by atoms with Gasteiger partial charge < -0.3 is 10.6 Å². The van der Waals surface area contributed by atoms with Crippen LogP contribution in [0.3, 0.4) is 0 Å². The molecule has 1 aromatic heterocycles. The van der Waals surface area contributed by atoms with Gasteiger partial charge in [0, 0.05) is 39.3 Å². The average molecular weight is 413 g/mol. The van der Waals surface area contributed by atoms with Crippen LogP contribution in [0.1, 0.15) is 16.8 Å². The number of thiazole rings is 1. The van der Waals surface area contributed by atoms with E-state index in [0.717, 1.165) is 22.0 Å². The van der Waals surface area contributed by atoms with Crippen molar-refractivity contribution in [2.75, 3.05) is 13.6 Å². The minimum Gasteiger partial charge on any atom is -0.355 e. The van der Waals surface area contributed by atoms with Crippen molar-refractivity contribution in [3.8, 4) is 0 Å². The first-order chi connectivity index (χ1) is 11.1. The molecule has 1 atom stereocenters. The molecule has 0 fully saturated rings. The molecule has 23 heavy (non-hydrogen) atoms. The smallest absolute Gasteiger partial charge is 0.191 e. The Morgan fingerprint density at radius 1 is 1.35 bits per heavy atom. The third-order valence-electron chi connectivity index (χ3n) is 3.01. The van der Waals surface area contributed by atoms with Crippen molar-refractivity contribution in [2.45, 2.75) is 30.5 Å². The molecule has 7 heteroatoms. The van der Waals surface area contributed by atoms with Crippen LogP contribution in [-0.4, -0.2) is 29.8 Å². The predicted octanol–water partition coefficient (Wildman–Crippen LogP) is 4.06. The summed E-state index contributed by atoms with van der Waals surface area (Å²) in [4.78, 5) is 11.1. The lowest BCUT2D eigenvalue weighted by atomic mass is 10.4. The molecule has 0 amide bonds. The highest BCUT2D eigenvalue weighted by atomic mass is 79.9. The molecular formula is C16H21BrN4S2. The maximum Gasteiger partial charge on any atom is 0.191 e. The van der Waals surface area contributed by atoms with Gasteiger partial charge in [-0.25, -0.2) is 4.98 Å². The molecule has 0 aliphatic carbocycles. The van der Waals surface area contributed by atoms with Gasteiger partial charge in [0.15, 0.2) is 5.96 Å². The first kappa shape index (κ1) is 18.3. The Morgan fingerprint density at radius 3 is 2.70 bits per heavy atom. The van der Waals surface area contributed by atoms with E-state index in [1.54, 1.807) is 18.4 Å². The van der Waals surface area contributed by atoms with Gasteiger partial charge >= 0.3 is 0 Å². The number of nitrogens with zero attached hydrogens (tertiary/aromatic N) is 2. The molecule has 0 saturated carbocycles. The number of guanidine groups is 1. The van der Waals surface area contributed by atoms with Gasteiger partial charge in [-0.3, -0.25) is 4.99 Å². The summed E-state index contributed by atoms with van der Waals surface area (Å²) in [6.07, 6.45) is 1.90. The van der Waals surface area contributed by atoms with Gasteiger partial charge in [-0.05, 0) is 31.2 Å². The molecule has 124 valence electrons. The van der Waals surface area contributed by atoms with Crippen LogP contribution in [0.5, 0.6) is 0 Å². The van der Waals surface area contributed by atoms with Crippen molar-refractivity contribution < 1.29 is 0 Å². The van der Waals surface area contributed by atoms with Crippen LogP contribution in [0.4, 0.5) is 0 Å². The number of rotatable bonds is 6. The predicted molar refractivity (Wildman–Crippen MR) is 105 cm³/mol. The molecule has 2 aromatic rings. The SMILES string of the molecule is CN=C(NCc1ncc(C)s1)NCC(C)Sc1ccc(Br)cc1. The average Bonchev–Trinajstić information content (AvgIpc) is 2.95. The number of halogens is 1. The highest BCUT2D eigenvalue weighted by Crippen LogP contribution is 2.24. The second-order valence-corrected chi connectivity index (χ2v) is 8.80. The fourth-order valence-electron chi connectivity index (χ4n) is 1.89. The molecule has 0 radical (unpaired) electrons. The Bertz CT molecular complexity index is 640. The molecule has 1 unspecified atom stereocenters. The Balaban J connectivity index is 1.75. The maximum absolute atomic E-state index is 4.35. The van der Waals surface area contributed by atoms with Crippen molar-refractivity contribution in [3.63, 3.8) is 0 Å². The van der Waals surface area contributed by atoms with Gasteiger partial charge in [0.2, 0.25) is 0 Å². The summed E-state index contributed by atoms with van der Waals surface area (Å²) in [6.45, 7) is 5.82. The quantitative estimate of drug-likeness (QED) is 0.426. The van der Waals surface area contributed by atoms with Gasteiger partial charge in [0.25, 0.3) is 0 Å². The Labute approximate surface area is 154 Å². The summed E-state index contributed by atoms with van der Waals surface area (Å²) >= 11 is 7.01. The van der Waals surface area contributed by atoms with E-state index in [-0.39, 0.29) is 0 Å². The molecule has 0 spiro atoms. The van der Waals surface area contributed by atoms with Crippen molar-refractivity contribution in [2.24, 2.45) is 4.99 Å². The normalized spacial score (nSPS) is 13.0. The first-order valence-electron chi connectivity index (χ1n) is 7.35. The molecular weight excluding hydrogens is 392 g/mol. The summed E-state index contributed by atoms with van der Waals surface area (Å²) in [5.74, 6) is 0.807. The standard InChI is InChI=1S/C16H21BrN4S2/c1-11(22-14-6-4-13(17)5-7-14)9-20-16(18-3)21-10-15-19-8-12(2)23-15/h4-8,11H,9-10H2,1-3H3,(H2,18,20,21). The van der Waals surface area contributed by atoms with Crippen LogP contribution in [0.2, 0.25) is 0 Å². The van der Waals surface area contributed by atoms with E-state index in [1.165, 1.54) is 9.77 Å². The lowest BCUT2D eigenvalue weighted by Crippen LogP contribution is -2.39. The molecule has 1 heterocycles. The minimum atomic E-state index is 0.442. The molecule has 0 saturated heterocycles. The van der Waals surface area contributed by atoms with Crippen LogP contribution in [0.15, 0.2) is 44.8 Å². The maximum atomic E-state index is 4.35. The monoisotopic (exact) mass is 412 g/mol. The number of thioether (sulfide) groups is 1. The van der Waals surface area contributed by atoms with E-state index >= 15 is 0 Å². The zero-order valence-electron chi connectivity index (χ0n) is 13.5. The molecule has 0 aliphatic heterocycles. The second kappa shape index (κ2) is 9.30. The Kier molecular flexibility index (Phi) is 7.39. The van der Waals surface area contributed by atoms with E-state index in [0.29, 0.717) is 11.8 Å². The Morgan fingerprint density at radius 2 is 2.09 bits per heavy atom. The lowest BCUT2D eigenvalue weighted by molar-refractivity contribution is 0.787. The van der Waals surface area contributed by atoms with Crippen LogP contribution in [0, 0.1) is 6.92 Å². The van der Waals surface area contributed by atoms with Crippen molar-refractivity contribution >= 4 is 45.0 Å². The molecule has 2 rings (SSSR count). The van der Waals surface area contributed by atoms with Crippen LogP contribution in [0.25, 0.3) is 0 Å². The number of nitrogens with one attached hydrogen (secondary N) is 2. The molecule has 4 nitrogen and oxygen atoms in total. The lowest BCUT2D eigenvalue weighted by Gasteiger charge is -2.15. The van der Waals surface area contributed by atoms with E-state index in [1.807, 2.05) is 18.0 Å². The minimum absolute atomic E-state index is 0.442. The Hall–Kier alpha value is -1.05. The highest BCUT2D eigenvalue weighted by molar-refractivity contribution is 9.10. The van der Waals surface area contributed by atoms with E-state index in [9.17, 15) is 0 Å². The van der Waals surface area contributed by atoms with E-state index in [4.69, 9.17) is 0 Å². The fourth-order valence-corrected chi connectivity index (χ4v) is 3.81. The van der Waals surface area contributed by atoms with Crippen molar-refractivity contribution in [3.05, 3.63) is 44.8 Å². The summed E-state index contributed by atoms with van der Waals surface area (Å²) < 4.78 is 1.11. The molecule has 0 bridgehead atoms. The zero-order chi connectivity index (χ0) is 16.7. The van der Waals surface area contributed by atoms with Gasteiger partial charge in [0.1, 0.15) is 5.01 Å². The second-order valence-electron chi connectivity index (χ2n) is 5.05. The molecule has 0 aliphatic rings. The van der Waals surface area contributed by atoms with Crippen LogP contribution in [-0.2, 0) is 6.54 Å². The summed E-state index contributed by atoms with van der Waals surface area (Å²) in [6, 6.07) is 8.39. The van der Waals surface area contributed by atoms with Gasteiger partial charge in [-0.1, -0.05) is 22.9 Å². The first-order valence-corrected chi connectivity index (χ1v) is 9.84. The topological polar surface area (TPSA) is 49.3 Å². The number of aryl methyl sites for hydroxylation is 1. The zero-order valence-corrected chi connectivity index (χ0v) is 16.7. The number of aromatic nitrogens is 1. The van der Waals surface area contributed by atoms with Gasteiger partial charge in [-0.2, -0.15) is 0 Å². The summed E-state index contributed by atoms with van der Waals surface area (Å²) in [5.41, 5.74) is 0. The van der Waals surface area contributed by atoms with Gasteiger partial charge in [-0.15, -0.1) is 23.1 Å². The third-order valence-corrected chi connectivity index (χ3v) is 5.56. The number of aliphatic imine (C=N–C) groups is 1. The third kappa shape index (κ3) is 6.53. The number of hydrogen-bond acceptors (Lipinski definition) is 4. The van der Waals surface area contributed by atoms with E-state index in [2.05, 4.69) is 74.7 Å². The van der Waals surface area contributed by atoms with Crippen molar-refractivity contribution in [1.29, 1.82) is 0 Å². The summed E-state index contributed by atoms with van der Waals surface area (Å²) in [5, 5.41) is 8.17. The van der Waals surface area contributed by atoms with Crippen molar-refractivity contribution in [1.82, 2.24) is 15.6 Å². The van der Waals surface area contributed by atoms with Crippen LogP contribution >= 0.6 is 39.0 Å².